The van der Waals surface area contributed by atoms with Gasteiger partial charge in [0.1, 0.15) is 0 Å². The van der Waals surface area contributed by atoms with E-state index < -0.39 is 0 Å². The molecule has 3 nitrogen and oxygen atoms in total. The van der Waals surface area contributed by atoms with E-state index in [1.54, 1.807) is 6.08 Å². The normalized spacial score (nSPS) is 12.4. The lowest BCUT2D eigenvalue weighted by Gasteiger charge is -2.14. The van der Waals surface area contributed by atoms with Crippen molar-refractivity contribution in [3.05, 3.63) is 72.5 Å². The molecule has 0 aliphatic carbocycles. The van der Waals surface area contributed by atoms with Crippen molar-refractivity contribution in [3.8, 4) is 0 Å². The molecule has 20 heavy (non-hydrogen) atoms. The highest BCUT2D eigenvalue weighted by atomic mass is 14.9. The lowest BCUT2D eigenvalue weighted by molar-refractivity contribution is 0.988. The van der Waals surface area contributed by atoms with Gasteiger partial charge in [0.05, 0.1) is 5.70 Å². The van der Waals surface area contributed by atoms with Crippen LogP contribution in [0.25, 0.3) is 5.70 Å². The summed E-state index contributed by atoms with van der Waals surface area (Å²) in [6.07, 6.45) is 5.50. The molecule has 0 aliphatic heterocycles. The highest BCUT2D eigenvalue weighted by molar-refractivity contribution is 5.76. The van der Waals surface area contributed by atoms with E-state index in [9.17, 15) is 0 Å². The van der Waals surface area contributed by atoms with Crippen molar-refractivity contribution in [2.75, 3.05) is 18.9 Å². The van der Waals surface area contributed by atoms with Crippen LogP contribution in [-0.4, -0.2) is 13.6 Å². The maximum absolute atomic E-state index is 6.17. The highest BCUT2D eigenvalue weighted by Gasteiger charge is 2.06. The third-order valence-corrected chi connectivity index (χ3v) is 3.07. The Bertz CT molecular complexity index is 539. The second kappa shape index (κ2) is 7.89. The lowest BCUT2D eigenvalue weighted by atomic mass is 10.1. The van der Waals surface area contributed by atoms with Gasteiger partial charge in [-0.25, -0.2) is 0 Å². The zero-order valence-electron chi connectivity index (χ0n) is 12.2. The molecule has 106 valence electrons. The molecular formula is C17H23N3. The topological polar surface area (TPSA) is 50.1 Å². The molecule has 0 amide bonds. The van der Waals surface area contributed by atoms with E-state index in [0.717, 1.165) is 28.2 Å². The Labute approximate surface area is 121 Å². The van der Waals surface area contributed by atoms with Gasteiger partial charge in [-0.3, -0.25) is 0 Å². The molecule has 0 heterocycles. The number of anilines is 1. The molecule has 1 aromatic rings. The maximum atomic E-state index is 6.17. The summed E-state index contributed by atoms with van der Waals surface area (Å²) in [7, 11) is 1.86. The van der Waals surface area contributed by atoms with Crippen molar-refractivity contribution in [3.63, 3.8) is 0 Å². The number of hydrogen-bond donors (Lipinski definition) is 3. The summed E-state index contributed by atoms with van der Waals surface area (Å²) in [6, 6.07) is 7.98. The Morgan fingerprint density at radius 3 is 2.60 bits per heavy atom. The summed E-state index contributed by atoms with van der Waals surface area (Å²) < 4.78 is 0. The Morgan fingerprint density at radius 1 is 1.30 bits per heavy atom. The monoisotopic (exact) mass is 269 g/mol. The lowest BCUT2D eigenvalue weighted by Crippen LogP contribution is -2.13. The fraction of sp³-hybridized carbons (Fsp3) is 0.176. The minimum absolute atomic E-state index is 0.679. The molecule has 0 bridgehead atoms. The van der Waals surface area contributed by atoms with Gasteiger partial charge in [-0.1, -0.05) is 49.6 Å². The quantitative estimate of drug-likeness (QED) is 0.666. The van der Waals surface area contributed by atoms with E-state index in [0.29, 0.717) is 6.54 Å². The summed E-state index contributed by atoms with van der Waals surface area (Å²) in [5.74, 6) is 0. The predicted octanol–water partition coefficient (Wildman–Crippen LogP) is 3.26. The number of nitrogens with one attached hydrogen (secondary N) is 2. The van der Waals surface area contributed by atoms with Gasteiger partial charge in [0.2, 0.25) is 0 Å². The zero-order chi connectivity index (χ0) is 15.0. The van der Waals surface area contributed by atoms with Crippen LogP contribution in [0, 0.1) is 0 Å². The third kappa shape index (κ3) is 4.05. The van der Waals surface area contributed by atoms with Gasteiger partial charge in [-0.05, 0) is 18.6 Å². The van der Waals surface area contributed by atoms with E-state index in [1.807, 2.05) is 50.4 Å². The molecular weight excluding hydrogens is 246 g/mol. The Kier molecular flexibility index (Phi) is 6.17. The van der Waals surface area contributed by atoms with Crippen LogP contribution in [0.2, 0.25) is 0 Å². The molecule has 0 spiro atoms. The number of allylic oxidation sites excluding steroid dienone is 3. The van der Waals surface area contributed by atoms with Crippen molar-refractivity contribution in [1.29, 1.82) is 0 Å². The van der Waals surface area contributed by atoms with Crippen LogP contribution < -0.4 is 16.4 Å². The van der Waals surface area contributed by atoms with Crippen LogP contribution in [0.15, 0.2) is 66.9 Å². The van der Waals surface area contributed by atoms with E-state index in [1.165, 1.54) is 0 Å². The van der Waals surface area contributed by atoms with E-state index in [2.05, 4.69) is 23.8 Å². The Morgan fingerprint density at radius 2 is 2.00 bits per heavy atom. The average Bonchev–Trinajstić information content (AvgIpc) is 2.50. The van der Waals surface area contributed by atoms with Gasteiger partial charge in [0, 0.05) is 30.5 Å². The first-order valence-electron chi connectivity index (χ1n) is 6.55. The van der Waals surface area contributed by atoms with Gasteiger partial charge >= 0.3 is 0 Å². The SMILES string of the molecule is C=C/C=C(\C=C)CNc1ccccc1/C(N)=C(\C)NC. The summed E-state index contributed by atoms with van der Waals surface area (Å²) in [5, 5.41) is 6.45. The van der Waals surface area contributed by atoms with Gasteiger partial charge < -0.3 is 16.4 Å². The molecule has 0 aromatic heterocycles. The molecule has 0 aliphatic rings. The molecule has 0 atom stereocenters. The van der Waals surface area contributed by atoms with Crippen molar-refractivity contribution >= 4 is 11.4 Å². The minimum Gasteiger partial charge on any atom is -0.397 e. The van der Waals surface area contributed by atoms with Gasteiger partial charge in [-0.2, -0.15) is 0 Å². The zero-order valence-corrected chi connectivity index (χ0v) is 12.2. The molecule has 0 saturated heterocycles. The van der Waals surface area contributed by atoms with E-state index in [4.69, 9.17) is 5.73 Å². The van der Waals surface area contributed by atoms with Gasteiger partial charge in [0.25, 0.3) is 0 Å². The van der Waals surface area contributed by atoms with Crippen LogP contribution in [0.4, 0.5) is 5.69 Å². The summed E-state index contributed by atoms with van der Waals surface area (Å²) in [4.78, 5) is 0. The Balaban J connectivity index is 3.00. The molecule has 3 heteroatoms. The van der Waals surface area contributed by atoms with Crippen LogP contribution >= 0.6 is 0 Å². The third-order valence-electron chi connectivity index (χ3n) is 3.07. The van der Waals surface area contributed by atoms with Crippen molar-refractivity contribution < 1.29 is 0 Å². The summed E-state index contributed by atoms with van der Waals surface area (Å²) in [5.41, 5.74) is 10.9. The number of nitrogens with two attached hydrogens (primary N) is 1. The molecule has 0 unspecified atom stereocenters. The molecule has 0 radical (unpaired) electrons. The summed E-state index contributed by atoms with van der Waals surface area (Å²) >= 11 is 0. The molecule has 1 rings (SSSR count). The first-order chi connectivity index (χ1) is 9.63. The number of para-hydroxylation sites is 1. The van der Waals surface area contributed by atoms with E-state index >= 15 is 0 Å². The second-order valence-electron chi connectivity index (χ2n) is 4.37. The van der Waals surface area contributed by atoms with Crippen LogP contribution in [0.5, 0.6) is 0 Å². The number of benzene rings is 1. The molecule has 4 N–H and O–H groups in total. The number of rotatable bonds is 7. The first-order valence-corrected chi connectivity index (χ1v) is 6.55. The number of hydrogen-bond acceptors (Lipinski definition) is 3. The fourth-order valence-corrected chi connectivity index (χ4v) is 1.76. The van der Waals surface area contributed by atoms with Crippen LogP contribution in [0.3, 0.4) is 0 Å². The average molecular weight is 269 g/mol. The molecule has 0 saturated carbocycles. The highest BCUT2D eigenvalue weighted by Crippen LogP contribution is 2.22. The van der Waals surface area contributed by atoms with Gasteiger partial charge in [-0.15, -0.1) is 0 Å². The van der Waals surface area contributed by atoms with Crippen LogP contribution in [-0.2, 0) is 0 Å². The van der Waals surface area contributed by atoms with Crippen LogP contribution in [0.1, 0.15) is 12.5 Å². The fourth-order valence-electron chi connectivity index (χ4n) is 1.76. The Hall–Kier alpha value is -2.42. The molecule has 1 aromatic carbocycles. The largest absolute Gasteiger partial charge is 0.397 e. The van der Waals surface area contributed by atoms with Crippen molar-refractivity contribution in [2.24, 2.45) is 5.73 Å². The second-order valence-corrected chi connectivity index (χ2v) is 4.37. The van der Waals surface area contributed by atoms with Crippen molar-refractivity contribution in [2.45, 2.75) is 6.92 Å². The smallest absolute Gasteiger partial charge is 0.0598 e. The minimum atomic E-state index is 0.679. The van der Waals surface area contributed by atoms with Crippen molar-refractivity contribution in [1.82, 2.24) is 5.32 Å². The standard InChI is InChI=1S/C17H23N3/c1-5-9-14(6-2)12-20-16-11-8-7-10-15(16)17(18)13(3)19-4/h5-11,19-20H,1-2,12,18H2,3-4H3/b14-9+,17-13-. The maximum Gasteiger partial charge on any atom is 0.0598 e. The van der Waals surface area contributed by atoms with E-state index in [-0.39, 0.29) is 0 Å². The molecule has 0 fully saturated rings. The predicted molar refractivity (Wildman–Crippen MR) is 89.2 cm³/mol. The van der Waals surface area contributed by atoms with Gasteiger partial charge in [0.15, 0.2) is 0 Å². The summed E-state index contributed by atoms with van der Waals surface area (Å²) in [6.45, 7) is 10.1. The first kappa shape index (κ1) is 15.6.